The minimum absolute atomic E-state index is 0.327. The van der Waals surface area contributed by atoms with E-state index in [9.17, 15) is 4.79 Å². The summed E-state index contributed by atoms with van der Waals surface area (Å²) in [5.41, 5.74) is 7.34. The fourth-order valence-electron chi connectivity index (χ4n) is 2.89. The first-order chi connectivity index (χ1) is 13.1. The summed E-state index contributed by atoms with van der Waals surface area (Å²) in [4.78, 5) is 15.6. The van der Waals surface area contributed by atoms with Gasteiger partial charge in [-0.15, -0.1) is 0 Å². The Kier molecular flexibility index (Phi) is 4.48. The monoisotopic (exact) mass is 377 g/mol. The van der Waals surface area contributed by atoms with Crippen LogP contribution in [0.25, 0.3) is 22.2 Å². The summed E-state index contributed by atoms with van der Waals surface area (Å²) < 4.78 is 0. The van der Waals surface area contributed by atoms with Gasteiger partial charge in [-0.2, -0.15) is 10.2 Å². The van der Waals surface area contributed by atoms with E-state index < -0.39 is 0 Å². The first-order valence-electron chi connectivity index (χ1n) is 8.34. The normalized spacial score (nSPS) is 11.3. The first kappa shape index (κ1) is 17.1. The Labute approximate surface area is 160 Å². The van der Waals surface area contributed by atoms with Crippen molar-refractivity contribution in [3.63, 3.8) is 0 Å². The number of nitrogens with zero attached hydrogens (tertiary/aromatic N) is 2. The van der Waals surface area contributed by atoms with Gasteiger partial charge in [-0.3, -0.25) is 9.89 Å². The molecule has 0 atom stereocenters. The number of H-pyrrole nitrogens is 2. The fraction of sp³-hybridized carbons (Fsp3) is 0.0500. The van der Waals surface area contributed by atoms with Gasteiger partial charge in [-0.05, 0) is 31.2 Å². The highest BCUT2D eigenvalue weighted by molar-refractivity contribution is 6.30. The summed E-state index contributed by atoms with van der Waals surface area (Å²) in [7, 11) is 0. The SMILES string of the molecule is Cc1[nH]c2ccccc2c1/C=N\NC(=O)c1cc(-c2ccc(Cl)cc2)n[nH]1. The van der Waals surface area contributed by atoms with Crippen LogP contribution in [0.1, 0.15) is 21.7 Å². The van der Waals surface area contributed by atoms with Gasteiger partial charge in [0.15, 0.2) is 0 Å². The van der Waals surface area contributed by atoms with Crippen LogP contribution in [0, 0.1) is 6.92 Å². The molecule has 0 saturated heterocycles. The van der Waals surface area contributed by atoms with E-state index in [-0.39, 0.29) is 5.91 Å². The number of hydrogen-bond donors (Lipinski definition) is 3. The topological polar surface area (TPSA) is 85.9 Å². The molecule has 0 aliphatic carbocycles. The van der Waals surface area contributed by atoms with E-state index in [0.717, 1.165) is 27.7 Å². The van der Waals surface area contributed by atoms with Gasteiger partial charge in [-0.1, -0.05) is 41.9 Å². The van der Waals surface area contributed by atoms with Gasteiger partial charge in [0, 0.05) is 32.7 Å². The van der Waals surface area contributed by atoms with Gasteiger partial charge in [0.2, 0.25) is 0 Å². The Morgan fingerprint density at radius 3 is 2.78 bits per heavy atom. The largest absolute Gasteiger partial charge is 0.358 e. The van der Waals surface area contributed by atoms with Crippen molar-refractivity contribution in [2.75, 3.05) is 0 Å². The molecule has 2 aromatic carbocycles. The molecule has 134 valence electrons. The van der Waals surface area contributed by atoms with Crippen LogP contribution < -0.4 is 5.43 Å². The van der Waals surface area contributed by atoms with Gasteiger partial charge in [0.25, 0.3) is 5.91 Å². The van der Waals surface area contributed by atoms with E-state index in [0.29, 0.717) is 16.4 Å². The number of amides is 1. The maximum atomic E-state index is 12.3. The number of carbonyl (C=O) groups excluding carboxylic acids is 1. The number of fused-ring (bicyclic) bond motifs is 1. The van der Waals surface area contributed by atoms with Crippen LogP contribution in [0.4, 0.5) is 0 Å². The maximum Gasteiger partial charge on any atom is 0.289 e. The second kappa shape index (κ2) is 7.09. The van der Waals surface area contributed by atoms with Crippen molar-refractivity contribution in [3.8, 4) is 11.3 Å². The molecule has 0 spiro atoms. The highest BCUT2D eigenvalue weighted by Gasteiger charge is 2.11. The van der Waals surface area contributed by atoms with Crippen LogP contribution in [-0.4, -0.2) is 27.3 Å². The molecule has 3 N–H and O–H groups in total. The van der Waals surface area contributed by atoms with Crippen molar-refractivity contribution in [2.45, 2.75) is 6.92 Å². The third-order valence-corrected chi connectivity index (χ3v) is 4.52. The molecular formula is C20H16ClN5O. The summed E-state index contributed by atoms with van der Waals surface area (Å²) in [6.07, 6.45) is 1.64. The van der Waals surface area contributed by atoms with E-state index in [1.54, 1.807) is 24.4 Å². The molecule has 2 heterocycles. The van der Waals surface area contributed by atoms with Gasteiger partial charge in [0.1, 0.15) is 5.69 Å². The third-order valence-electron chi connectivity index (χ3n) is 4.27. The lowest BCUT2D eigenvalue weighted by molar-refractivity contribution is 0.0950. The first-order valence-corrected chi connectivity index (χ1v) is 8.71. The molecule has 4 aromatic rings. The van der Waals surface area contributed by atoms with Gasteiger partial charge in [0.05, 0.1) is 11.9 Å². The smallest absolute Gasteiger partial charge is 0.289 e. The number of hydrogen-bond acceptors (Lipinski definition) is 3. The molecule has 0 saturated carbocycles. The number of hydrazone groups is 1. The number of para-hydroxylation sites is 1. The van der Waals surface area contributed by atoms with E-state index in [1.807, 2.05) is 43.3 Å². The van der Waals surface area contributed by atoms with Crippen molar-refractivity contribution in [2.24, 2.45) is 5.10 Å². The molecule has 4 rings (SSSR count). The number of halogens is 1. The summed E-state index contributed by atoms with van der Waals surface area (Å²) in [6.45, 7) is 1.97. The fourth-order valence-corrected chi connectivity index (χ4v) is 3.01. The lowest BCUT2D eigenvalue weighted by Gasteiger charge is -1.97. The number of carbonyl (C=O) groups is 1. The predicted octanol–water partition coefficient (Wildman–Crippen LogP) is 4.28. The Morgan fingerprint density at radius 2 is 1.96 bits per heavy atom. The molecule has 27 heavy (non-hydrogen) atoms. The molecule has 0 unspecified atom stereocenters. The second-order valence-corrected chi connectivity index (χ2v) is 6.52. The molecule has 1 amide bonds. The van der Waals surface area contributed by atoms with Gasteiger partial charge >= 0.3 is 0 Å². The van der Waals surface area contributed by atoms with E-state index >= 15 is 0 Å². The Bertz CT molecular complexity index is 1140. The summed E-state index contributed by atoms with van der Waals surface area (Å²) >= 11 is 5.89. The Morgan fingerprint density at radius 1 is 1.19 bits per heavy atom. The summed E-state index contributed by atoms with van der Waals surface area (Å²) in [5, 5.41) is 12.7. The second-order valence-electron chi connectivity index (χ2n) is 6.08. The Balaban J connectivity index is 1.49. The van der Waals surface area contributed by atoms with Crippen LogP contribution in [0.15, 0.2) is 59.7 Å². The molecule has 0 aliphatic rings. The van der Waals surface area contributed by atoms with E-state index in [4.69, 9.17) is 11.6 Å². The minimum Gasteiger partial charge on any atom is -0.358 e. The van der Waals surface area contributed by atoms with E-state index in [1.165, 1.54) is 0 Å². The minimum atomic E-state index is -0.364. The quantitative estimate of drug-likeness (QED) is 0.366. The number of aryl methyl sites for hydroxylation is 1. The summed E-state index contributed by atoms with van der Waals surface area (Å²) in [5.74, 6) is -0.364. The number of aromatic nitrogens is 3. The van der Waals surface area contributed by atoms with Crippen molar-refractivity contribution >= 4 is 34.6 Å². The van der Waals surface area contributed by atoms with Crippen LogP contribution in [-0.2, 0) is 0 Å². The van der Waals surface area contributed by atoms with Crippen molar-refractivity contribution in [1.29, 1.82) is 0 Å². The highest BCUT2D eigenvalue weighted by Crippen LogP contribution is 2.21. The van der Waals surface area contributed by atoms with Gasteiger partial charge < -0.3 is 4.98 Å². The van der Waals surface area contributed by atoms with Crippen molar-refractivity contribution < 1.29 is 4.79 Å². The molecule has 0 bridgehead atoms. The lowest BCUT2D eigenvalue weighted by Crippen LogP contribution is -2.18. The highest BCUT2D eigenvalue weighted by atomic mass is 35.5. The number of nitrogens with one attached hydrogen (secondary N) is 3. The molecule has 0 fully saturated rings. The Hall–Kier alpha value is -3.38. The van der Waals surface area contributed by atoms with Crippen molar-refractivity contribution in [1.82, 2.24) is 20.6 Å². The zero-order valence-corrected chi connectivity index (χ0v) is 15.2. The molecule has 6 nitrogen and oxygen atoms in total. The van der Waals surface area contributed by atoms with Crippen molar-refractivity contribution in [3.05, 3.63) is 76.6 Å². The third kappa shape index (κ3) is 3.47. The average Bonchev–Trinajstić information content (AvgIpc) is 3.27. The van der Waals surface area contributed by atoms with E-state index in [2.05, 4.69) is 25.7 Å². The number of aromatic amines is 2. The zero-order valence-electron chi connectivity index (χ0n) is 14.5. The lowest BCUT2D eigenvalue weighted by atomic mass is 10.1. The van der Waals surface area contributed by atoms with Gasteiger partial charge in [-0.25, -0.2) is 5.43 Å². The molecule has 0 aliphatic heterocycles. The van der Waals surface area contributed by atoms with Crippen LogP contribution in [0.3, 0.4) is 0 Å². The standard InChI is InChI=1S/C20H16ClN5O/c1-12-16(15-4-2-3-5-17(15)23-12)11-22-26-20(27)19-10-18(24-25-19)13-6-8-14(21)9-7-13/h2-11,23H,1H3,(H,24,25)(H,26,27)/b22-11-. The molecule has 0 radical (unpaired) electrons. The summed E-state index contributed by atoms with van der Waals surface area (Å²) in [6, 6.07) is 16.9. The van der Waals surface area contributed by atoms with Crippen LogP contribution >= 0.6 is 11.6 Å². The molecular weight excluding hydrogens is 362 g/mol. The number of rotatable bonds is 4. The van der Waals surface area contributed by atoms with Crippen LogP contribution in [0.5, 0.6) is 0 Å². The maximum absolute atomic E-state index is 12.3. The predicted molar refractivity (Wildman–Crippen MR) is 107 cm³/mol. The molecule has 7 heteroatoms. The average molecular weight is 378 g/mol. The van der Waals surface area contributed by atoms with Crippen LogP contribution in [0.2, 0.25) is 5.02 Å². The number of benzene rings is 2. The zero-order chi connectivity index (χ0) is 18.8. The molecule has 2 aromatic heterocycles.